The van der Waals surface area contributed by atoms with Gasteiger partial charge in [-0.3, -0.25) is 19.4 Å². The molecule has 0 unspecified atom stereocenters. The van der Waals surface area contributed by atoms with Crippen LogP contribution in [0.2, 0.25) is 0 Å². The van der Waals surface area contributed by atoms with Crippen molar-refractivity contribution in [2.24, 2.45) is 0 Å². The highest BCUT2D eigenvalue weighted by Gasteiger charge is 2.15. The van der Waals surface area contributed by atoms with Gasteiger partial charge in [0.1, 0.15) is 0 Å². The smallest absolute Gasteiger partial charge is 0.317 e. The van der Waals surface area contributed by atoms with E-state index in [1.807, 2.05) is 70.5 Å². The summed E-state index contributed by atoms with van der Waals surface area (Å²) in [6, 6.07) is 19.3. The van der Waals surface area contributed by atoms with Crippen molar-refractivity contribution in [3.63, 3.8) is 0 Å². The second kappa shape index (κ2) is 10.3. The number of carboxylic acid groups (broad SMARTS) is 2. The van der Waals surface area contributed by atoms with E-state index in [-0.39, 0.29) is 13.1 Å². The van der Waals surface area contributed by atoms with Gasteiger partial charge in [-0.1, -0.05) is 60.7 Å². The maximum atomic E-state index is 11.2. The molecule has 0 spiro atoms. The Balaban J connectivity index is 1.99. The summed E-state index contributed by atoms with van der Waals surface area (Å²) in [6.45, 7) is 1.81. The molecule has 0 bridgehead atoms. The number of carbonyl (C=O) groups is 2. The maximum absolute atomic E-state index is 11.2. The summed E-state index contributed by atoms with van der Waals surface area (Å²) < 4.78 is 0. The van der Waals surface area contributed by atoms with Gasteiger partial charge in [-0.25, -0.2) is 0 Å². The third-order valence-electron chi connectivity index (χ3n) is 3.95. The topological polar surface area (TPSA) is 81.1 Å². The van der Waals surface area contributed by atoms with Gasteiger partial charge in [0.2, 0.25) is 0 Å². The molecule has 2 rings (SSSR count). The second-order valence-corrected chi connectivity index (χ2v) is 6.18. The lowest BCUT2D eigenvalue weighted by atomic mass is 10.2. The first-order valence-electron chi connectivity index (χ1n) is 8.49. The van der Waals surface area contributed by atoms with Crippen molar-refractivity contribution < 1.29 is 19.8 Å². The number of rotatable bonds is 11. The molecule has 0 aliphatic carbocycles. The van der Waals surface area contributed by atoms with Gasteiger partial charge in [-0.2, -0.15) is 0 Å². The van der Waals surface area contributed by atoms with Crippen molar-refractivity contribution in [2.75, 3.05) is 26.2 Å². The number of hydrogen-bond donors (Lipinski definition) is 2. The largest absolute Gasteiger partial charge is 0.480 e. The Morgan fingerprint density at radius 2 is 1.00 bits per heavy atom. The third kappa shape index (κ3) is 7.46. The molecule has 0 amide bonds. The molecule has 138 valence electrons. The van der Waals surface area contributed by atoms with Gasteiger partial charge >= 0.3 is 11.9 Å². The summed E-state index contributed by atoms with van der Waals surface area (Å²) >= 11 is 0. The van der Waals surface area contributed by atoms with Crippen LogP contribution in [-0.2, 0) is 22.7 Å². The van der Waals surface area contributed by atoms with E-state index in [2.05, 4.69) is 0 Å². The third-order valence-corrected chi connectivity index (χ3v) is 3.95. The van der Waals surface area contributed by atoms with Gasteiger partial charge in [0, 0.05) is 26.2 Å². The summed E-state index contributed by atoms with van der Waals surface area (Å²) in [5, 5.41) is 18.3. The van der Waals surface area contributed by atoms with Crippen LogP contribution in [0.25, 0.3) is 0 Å². The molecule has 2 N–H and O–H groups in total. The number of nitrogens with zero attached hydrogens (tertiary/aromatic N) is 2. The number of hydrogen-bond acceptors (Lipinski definition) is 4. The summed E-state index contributed by atoms with van der Waals surface area (Å²) in [4.78, 5) is 26.0. The molecule has 0 radical (unpaired) electrons. The zero-order valence-electron chi connectivity index (χ0n) is 14.6. The first kappa shape index (κ1) is 19.6. The lowest BCUT2D eigenvalue weighted by Gasteiger charge is -2.26. The Hall–Kier alpha value is -2.70. The molecule has 26 heavy (non-hydrogen) atoms. The summed E-state index contributed by atoms with van der Waals surface area (Å²) in [5.41, 5.74) is 2.06. The summed E-state index contributed by atoms with van der Waals surface area (Å²) in [6.07, 6.45) is 0. The Morgan fingerprint density at radius 3 is 1.31 bits per heavy atom. The molecule has 0 saturated carbocycles. The average molecular weight is 356 g/mol. The minimum atomic E-state index is -0.895. The monoisotopic (exact) mass is 356 g/mol. The molecule has 0 aliphatic heterocycles. The Labute approximate surface area is 153 Å². The fraction of sp³-hybridized carbons (Fsp3) is 0.300. The van der Waals surface area contributed by atoms with Crippen molar-refractivity contribution in [3.8, 4) is 0 Å². The van der Waals surface area contributed by atoms with E-state index in [4.69, 9.17) is 10.2 Å². The standard InChI is InChI=1S/C20H24N2O4/c23-19(24)15-21(13-17-7-3-1-4-8-17)11-12-22(16-20(25)26)14-18-9-5-2-6-10-18/h1-10H,11-16H2,(H,23,24)(H,25,26). The fourth-order valence-electron chi connectivity index (χ4n) is 2.78. The highest BCUT2D eigenvalue weighted by Crippen LogP contribution is 2.07. The molecule has 6 nitrogen and oxygen atoms in total. The van der Waals surface area contributed by atoms with Gasteiger partial charge in [0.15, 0.2) is 0 Å². The summed E-state index contributed by atoms with van der Waals surface area (Å²) in [7, 11) is 0. The van der Waals surface area contributed by atoms with Gasteiger partial charge < -0.3 is 10.2 Å². The van der Waals surface area contributed by atoms with E-state index < -0.39 is 11.9 Å². The minimum absolute atomic E-state index is 0.0822. The molecule has 0 heterocycles. The van der Waals surface area contributed by atoms with E-state index in [1.165, 1.54) is 0 Å². The highest BCUT2D eigenvalue weighted by molar-refractivity contribution is 5.69. The lowest BCUT2D eigenvalue weighted by Crippen LogP contribution is -2.39. The quantitative estimate of drug-likeness (QED) is 0.642. The van der Waals surface area contributed by atoms with Crippen LogP contribution in [0, 0.1) is 0 Å². The fourth-order valence-corrected chi connectivity index (χ4v) is 2.78. The molecule has 6 heteroatoms. The van der Waals surface area contributed by atoms with Crippen LogP contribution in [0.5, 0.6) is 0 Å². The van der Waals surface area contributed by atoms with Gasteiger partial charge in [-0.05, 0) is 11.1 Å². The van der Waals surface area contributed by atoms with Crippen molar-refractivity contribution in [1.82, 2.24) is 9.80 Å². The zero-order valence-corrected chi connectivity index (χ0v) is 14.6. The van der Waals surface area contributed by atoms with Crippen LogP contribution >= 0.6 is 0 Å². The Bertz CT molecular complexity index is 630. The van der Waals surface area contributed by atoms with Crippen molar-refractivity contribution >= 4 is 11.9 Å². The molecule has 2 aromatic carbocycles. The van der Waals surface area contributed by atoms with Crippen LogP contribution in [0.3, 0.4) is 0 Å². The van der Waals surface area contributed by atoms with Crippen LogP contribution in [0.1, 0.15) is 11.1 Å². The predicted octanol–water partition coefficient (Wildman–Crippen LogP) is 2.16. The molecular weight excluding hydrogens is 332 g/mol. The lowest BCUT2D eigenvalue weighted by molar-refractivity contribution is -0.140. The van der Waals surface area contributed by atoms with Crippen molar-refractivity contribution in [1.29, 1.82) is 0 Å². The minimum Gasteiger partial charge on any atom is -0.480 e. The zero-order chi connectivity index (χ0) is 18.8. The average Bonchev–Trinajstić information content (AvgIpc) is 2.60. The molecule has 0 saturated heterocycles. The number of benzene rings is 2. The molecule has 0 atom stereocenters. The molecule has 0 aromatic heterocycles. The van der Waals surface area contributed by atoms with E-state index in [1.54, 1.807) is 0 Å². The maximum Gasteiger partial charge on any atom is 0.317 e. The van der Waals surface area contributed by atoms with E-state index in [9.17, 15) is 9.59 Å². The van der Waals surface area contributed by atoms with E-state index in [0.29, 0.717) is 26.2 Å². The highest BCUT2D eigenvalue weighted by atomic mass is 16.4. The first-order chi connectivity index (χ1) is 12.5. The van der Waals surface area contributed by atoms with Gasteiger partial charge in [0.25, 0.3) is 0 Å². The van der Waals surface area contributed by atoms with Crippen LogP contribution in [0.15, 0.2) is 60.7 Å². The molecular formula is C20H24N2O4. The Kier molecular flexibility index (Phi) is 7.79. The normalized spacial score (nSPS) is 11.0. The number of carboxylic acids is 2. The molecule has 0 fully saturated rings. The van der Waals surface area contributed by atoms with Gasteiger partial charge in [0.05, 0.1) is 13.1 Å². The molecule has 2 aromatic rings. The second-order valence-electron chi connectivity index (χ2n) is 6.18. The van der Waals surface area contributed by atoms with Crippen molar-refractivity contribution in [3.05, 3.63) is 71.8 Å². The van der Waals surface area contributed by atoms with E-state index >= 15 is 0 Å². The summed E-state index contributed by atoms with van der Waals surface area (Å²) in [5.74, 6) is -1.79. The Morgan fingerprint density at radius 1 is 0.654 bits per heavy atom. The SMILES string of the molecule is O=C(O)CN(CCN(CC(=O)O)Cc1ccccc1)Cc1ccccc1. The van der Waals surface area contributed by atoms with Crippen LogP contribution in [0.4, 0.5) is 0 Å². The van der Waals surface area contributed by atoms with E-state index in [0.717, 1.165) is 11.1 Å². The molecule has 0 aliphatic rings. The van der Waals surface area contributed by atoms with Crippen molar-refractivity contribution in [2.45, 2.75) is 13.1 Å². The first-order valence-corrected chi connectivity index (χ1v) is 8.49. The predicted molar refractivity (Wildman–Crippen MR) is 98.7 cm³/mol. The number of aliphatic carboxylic acids is 2. The van der Waals surface area contributed by atoms with Crippen LogP contribution in [-0.4, -0.2) is 58.1 Å². The van der Waals surface area contributed by atoms with Crippen LogP contribution < -0.4 is 0 Å². The van der Waals surface area contributed by atoms with Gasteiger partial charge in [-0.15, -0.1) is 0 Å².